The molecular formula is C19H20BrClN6O. The molecule has 146 valence electrons. The molecule has 0 aliphatic heterocycles. The molecule has 0 atom stereocenters. The second-order valence-corrected chi connectivity index (χ2v) is 8.03. The zero-order valence-electron chi connectivity index (χ0n) is 15.5. The number of hydrogen-bond acceptors (Lipinski definition) is 4. The van der Waals surface area contributed by atoms with Gasteiger partial charge in [-0.15, -0.1) is 0 Å². The van der Waals surface area contributed by atoms with Crippen molar-refractivity contribution in [2.45, 2.75) is 13.8 Å². The van der Waals surface area contributed by atoms with Gasteiger partial charge in [-0.05, 0) is 46.3 Å². The second-order valence-electron chi connectivity index (χ2n) is 6.74. The lowest BCUT2D eigenvalue weighted by Gasteiger charge is -2.23. The molecule has 9 heteroatoms. The molecule has 28 heavy (non-hydrogen) atoms. The molecule has 3 N–H and O–H groups in total. The summed E-state index contributed by atoms with van der Waals surface area (Å²) in [7, 11) is 0. The van der Waals surface area contributed by atoms with Crippen LogP contribution in [0.2, 0.25) is 5.02 Å². The summed E-state index contributed by atoms with van der Waals surface area (Å²) in [6.07, 6.45) is 5.13. The first-order valence-electron chi connectivity index (χ1n) is 8.40. The van der Waals surface area contributed by atoms with Gasteiger partial charge < -0.3 is 10.6 Å². The minimum absolute atomic E-state index is 0.179. The average Bonchev–Trinajstić information content (AvgIpc) is 2.67. The van der Waals surface area contributed by atoms with Crippen molar-refractivity contribution >= 4 is 45.1 Å². The lowest BCUT2D eigenvalue weighted by atomic mass is 9.93. The molecule has 2 rings (SSSR count). The van der Waals surface area contributed by atoms with E-state index in [4.69, 9.17) is 16.9 Å². The first-order chi connectivity index (χ1) is 13.3. The number of halogens is 2. The van der Waals surface area contributed by atoms with Gasteiger partial charge in [-0.25, -0.2) is 0 Å². The SMILES string of the molecule is CC(C)(CN=C(NC#N)Nc1cnccc1Br)CNC(=O)c1ccc(Cl)cc1. The highest BCUT2D eigenvalue weighted by Crippen LogP contribution is 2.20. The summed E-state index contributed by atoms with van der Waals surface area (Å²) in [5.74, 6) is 0.120. The Labute approximate surface area is 177 Å². The van der Waals surface area contributed by atoms with Crippen molar-refractivity contribution in [3.05, 3.63) is 57.8 Å². The highest BCUT2D eigenvalue weighted by molar-refractivity contribution is 9.10. The van der Waals surface area contributed by atoms with E-state index in [9.17, 15) is 4.79 Å². The number of carbonyl (C=O) groups is 1. The Morgan fingerprint density at radius 3 is 2.68 bits per heavy atom. The Hall–Kier alpha value is -2.63. The molecular weight excluding hydrogens is 444 g/mol. The first-order valence-corrected chi connectivity index (χ1v) is 9.58. The van der Waals surface area contributed by atoms with Crippen LogP contribution in [0.4, 0.5) is 5.69 Å². The number of anilines is 1. The number of guanidine groups is 1. The van der Waals surface area contributed by atoms with E-state index in [1.807, 2.05) is 20.0 Å². The van der Waals surface area contributed by atoms with E-state index in [-0.39, 0.29) is 11.3 Å². The van der Waals surface area contributed by atoms with Crippen molar-refractivity contribution in [1.29, 1.82) is 5.26 Å². The van der Waals surface area contributed by atoms with Crippen LogP contribution in [0.1, 0.15) is 24.2 Å². The highest BCUT2D eigenvalue weighted by atomic mass is 79.9. The maximum atomic E-state index is 12.3. The van der Waals surface area contributed by atoms with Gasteiger partial charge in [0.2, 0.25) is 5.96 Å². The van der Waals surface area contributed by atoms with Gasteiger partial charge >= 0.3 is 0 Å². The monoisotopic (exact) mass is 462 g/mol. The Morgan fingerprint density at radius 2 is 2.04 bits per heavy atom. The molecule has 0 radical (unpaired) electrons. The van der Waals surface area contributed by atoms with Crippen LogP contribution in [0.3, 0.4) is 0 Å². The molecule has 0 aliphatic rings. The molecule has 0 fully saturated rings. The van der Waals surface area contributed by atoms with Gasteiger partial charge in [0.25, 0.3) is 5.91 Å². The number of nitrogens with zero attached hydrogens (tertiary/aromatic N) is 3. The van der Waals surface area contributed by atoms with E-state index < -0.39 is 0 Å². The number of hydrogen-bond donors (Lipinski definition) is 3. The van der Waals surface area contributed by atoms with Crippen molar-refractivity contribution in [1.82, 2.24) is 15.6 Å². The molecule has 0 saturated heterocycles. The van der Waals surface area contributed by atoms with Crippen molar-refractivity contribution in [3.63, 3.8) is 0 Å². The maximum Gasteiger partial charge on any atom is 0.251 e. The minimum atomic E-state index is -0.335. The lowest BCUT2D eigenvalue weighted by molar-refractivity contribution is 0.0938. The van der Waals surface area contributed by atoms with E-state index in [0.717, 1.165) is 4.47 Å². The summed E-state index contributed by atoms with van der Waals surface area (Å²) in [5.41, 5.74) is 0.884. The van der Waals surface area contributed by atoms with E-state index in [1.54, 1.807) is 42.7 Å². The number of nitriles is 1. The van der Waals surface area contributed by atoms with E-state index in [0.29, 0.717) is 35.3 Å². The zero-order valence-corrected chi connectivity index (χ0v) is 17.8. The Morgan fingerprint density at radius 1 is 1.32 bits per heavy atom. The average molecular weight is 464 g/mol. The van der Waals surface area contributed by atoms with E-state index in [1.165, 1.54) is 0 Å². The molecule has 0 spiro atoms. The third-order valence-electron chi connectivity index (χ3n) is 3.69. The van der Waals surface area contributed by atoms with Crippen LogP contribution in [0.25, 0.3) is 0 Å². The van der Waals surface area contributed by atoms with Gasteiger partial charge in [0, 0.05) is 39.8 Å². The quantitative estimate of drug-likeness (QED) is 0.262. The lowest BCUT2D eigenvalue weighted by Crippen LogP contribution is -2.37. The van der Waals surface area contributed by atoms with Crippen molar-refractivity contribution < 1.29 is 4.79 Å². The van der Waals surface area contributed by atoms with Gasteiger partial charge in [0.1, 0.15) is 0 Å². The van der Waals surface area contributed by atoms with Crippen molar-refractivity contribution in [2.75, 3.05) is 18.4 Å². The topological polar surface area (TPSA) is 102 Å². The minimum Gasteiger partial charge on any atom is -0.351 e. The molecule has 1 heterocycles. The number of aliphatic imine (C=N–C) groups is 1. The summed E-state index contributed by atoms with van der Waals surface area (Å²) in [6.45, 7) is 4.74. The third kappa shape index (κ3) is 6.83. The molecule has 1 amide bonds. The highest BCUT2D eigenvalue weighted by Gasteiger charge is 2.19. The standard InChI is InChI=1S/C19H20BrClN6O/c1-19(2,10-24-17(28)13-3-5-14(21)6-4-13)11-25-18(26-12-22)27-16-9-23-8-7-15(16)20/h3-9H,10-11H2,1-2H3,(H,24,28)(H2,25,26,27). The first kappa shape index (κ1) is 21.7. The number of pyridine rings is 1. The summed E-state index contributed by atoms with van der Waals surface area (Å²) < 4.78 is 0.796. The smallest absolute Gasteiger partial charge is 0.251 e. The summed E-state index contributed by atoms with van der Waals surface area (Å²) >= 11 is 9.25. The van der Waals surface area contributed by atoms with Gasteiger partial charge in [0.15, 0.2) is 6.19 Å². The van der Waals surface area contributed by atoms with E-state index >= 15 is 0 Å². The predicted octanol–water partition coefficient (Wildman–Crippen LogP) is 3.79. The summed E-state index contributed by atoms with van der Waals surface area (Å²) in [4.78, 5) is 20.7. The largest absolute Gasteiger partial charge is 0.351 e. The normalized spacial score (nSPS) is 11.5. The molecule has 1 aromatic heterocycles. The number of benzene rings is 1. The molecule has 0 saturated carbocycles. The van der Waals surface area contributed by atoms with Crippen molar-refractivity contribution in [2.24, 2.45) is 10.4 Å². The second kappa shape index (κ2) is 10.1. The van der Waals surface area contributed by atoms with Crippen LogP contribution >= 0.6 is 27.5 Å². The number of aromatic nitrogens is 1. The van der Waals surface area contributed by atoms with Crippen molar-refractivity contribution in [3.8, 4) is 6.19 Å². The number of nitrogens with one attached hydrogen (secondary N) is 3. The molecule has 1 aromatic carbocycles. The van der Waals surface area contributed by atoms with Crippen LogP contribution in [-0.2, 0) is 0 Å². The maximum absolute atomic E-state index is 12.3. The molecule has 2 aromatic rings. The van der Waals surface area contributed by atoms with Crippen LogP contribution in [0, 0.1) is 16.9 Å². The van der Waals surface area contributed by atoms with Crippen LogP contribution in [-0.4, -0.2) is 29.9 Å². The van der Waals surface area contributed by atoms with E-state index in [2.05, 4.69) is 41.9 Å². The fourth-order valence-corrected chi connectivity index (χ4v) is 2.58. The molecule has 0 bridgehead atoms. The van der Waals surface area contributed by atoms with Crippen LogP contribution in [0.15, 0.2) is 52.2 Å². The molecule has 0 unspecified atom stereocenters. The fraction of sp³-hybridized carbons (Fsp3) is 0.263. The Kier molecular flexibility index (Phi) is 7.79. The predicted molar refractivity (Wildman–Crippen MR) is 114 cm³/mol. The number of amides is 1. The van der Waals surface area contributed by atoms with Gasteiger partial charge in [-0.1, -0.05) is 25.4 Å². The Balaban J connectivity index is 1.98. The van der Waals surface area contributed by atoms with Crippen LogP contribution in [0.5, 0.6) is 0 Å². The third-order valence-corrected chi connectivity index (χ3v) is 4.64. The molecule has 7 nitrogen and oxygen atoms in total. The number of carbonyl (C=O) groups excluding carboxylic acids is 1. The van der Waals surface area contributed by atoms with Gasteiger partial charge in [0.05, 0.1) is 11.9 Å². The fourth-order valence-electron chi connectivity index (χ4n) is 2.13. The molecule has 0 aliphatic carbocycles. The summed E-state index contributed by atoms with van der Waals surface area (Å²) in [6, 6.07) is 8.48. The number of rotatable bonds is 6. The van der Waals surface area contributed by atoms with Crippen LogP contribution < -0.4 is 16.0 Å². The zero-order chi connectivity index (χ0) is 20.6. The van der Waals surface area contributed by atoms with Gasteiger partial charge in [-0.3, -0.25) is 20.1 Å². The Bertz CT molecular complexity index is 892. The van der Waals surface area contributed by atoms with Gasteiger partial charge in [-0.2, -0.15) is 5.26 Å². The summed E-state index contributed by atoms with van der Waals surface area (Å²) in [5, 5.41) is 18.0.